The van der Waals surface area contributed by atoms with Gasteiger partial charge in [-0.3, -0.25) is 4.79 Å². The lowest BCUT2D eigenvalue weighted by molar-refractivity contribution is 0.112. The summed E-state index contributed by atoms with van der Waals surface area (Å²) in [5, 5.41) is 2.54. The summed E-state index contributed by atoms with van der Waals surface area (Å²) in [6, 6.07) is 1.88. The molecule has 0 aromatic carbocycles. The van der Waals surface area contributed by atoms with E-state index in [4.69, 9.17) is 10.5 Å². The van der Waals surface area contributed by atoms with E-state index in [0.717, 1.165) is 6.29 Å². The number of aldehydes is 1. The van der Waals surface area contributed by atoms with Crippen molar-refractivity contribution >= 4 is 17.6 Å². The number of nitrogens with two attached hydrogens (primary N) is 1. The third-order valence-electron chi connectivity index (χ3n) is 2.42. The van der Waals surface area contributed by atoms with Crippen molar-refractivity contribution < 1.29 is 9.53 Å². The van der Waals surface area contributed by atoms with Crippen LogP contribution < -0.4 is 10.5 Å². The van der Waals surface area contributed by atoms with E-state index in [1.807, 2.05) is 5.38 Å². The van der Waals surface area contributed by atoms with Crippen LogP contribution in [-0.4, -0.2) is 18.9 Å². The van der Waals surface area contributed by atoms with Crippen LogP contribution in [0, 0.1) is 5.92 Å². The largest absolute Gasteiger partial charge is 0.482 e. The Kier molecular flexibility index (Phi) is 2.84. The molecule has 0 spiro atoms. The van der Waals surface area contributed by atoms with Crippen LogP contribution in [0.1, 0.15) is 23.2 Å². The van der Waals surface area contributed by atoms with E-state index in [9.17, 15) is 4.79 Å². The first kappa shape index (κ1) is 9.68. The Labute approximate surface area is 86.9 Å². The van der Waals surface area contributed by atoms with Crippen LogP contribution in [0.5, 0.6) is 5.06 Å². The second-order valence-electron chi connectivity index (χ2n) is 3.59. The molecule has 1 heterocycles. The maximum Gasteiger partial charge on any atom is 0.184 e. The highest BCUT2D eigenvalue weighted by molar-refractivity contribution is 7.12. The highest BCUT2D eigenvalue weighted by atomic mass is 32.1. The van der Waals surface area contributed by atoms with Crippen LogP contribution >= 0.6 is 11.3 Å². The second kappa shape index (κ2) is 4.11. The molecular weight excluding hydrogens is 198 g/mol. The van der Waals surface area contributed by atoms with Gasteiger partial charge in [-0.2, -0.15) is 0 Å². The Balaban J connectivity index is 1.87. The first-order valence-corrected chi connectivity index (χ1v) is 5.60. The van der Waals surface area contributed by atoms with Gasteiger partial charge in [0, 0.05) is 6.04 Å². The number of hydrogen-bond acceptors (Lipinski definition) is 4. The van der Waals surface area contributed by atoms with Gasteiger partial charge in [0.25, 0.3) is 0 Å². The van der Waals surface area contributed by atoms with Gasteiger partial charge in [-0.25, -0.2) is 0 Å². The topological polar surface area (TPSA) is 52.3 Å². The lowest BCUT2D eigenvalue weighted by atomic mass is 10.2. The fourth-order valence-electron chi connectivity index (χ4n) is 1.34. The predicted octanol–water partition coefficient (Wildman–Crippen LogP) is 1.68. The van der Waals surface area contributed by atoms with Gasteiger partial charge in [-0.15, -0.1) is 11.3 Å². The monoisotopic (exact) mass is 211 g/mol. The number of carbonyl (C=O) groups excluding carboxylic acids is 1. The highest BCUT2D eigenvalue weighted by Gasteiger charge is 2.28. The molecule has 1 aromatic heterocycles. The van der Waals surface area contributed by atoms with Gasteiger partial charge in [-0.05, 0) is 30.2 Å². The smallest absolute Gasteiger partial charge is 0.184 e. The molecule has 2 N–H and O–H groups in total. The third kappa shape index (κ3) is 2.13. The molecule has 1 fully saturated rings. The minimum absolute atomic E-state index is 0.122. The Hall–Kier alpha value is -0.870. The molecule has 2 rings (SSSR count). The summed E-state index contributed by atoms with van der Waals surface area (Å²) >= 11 is 1.44. The number of hydrogen-bond donors (Lipinski definition) is 1. The molecule has 1 unspecified atom stereocenters. The van der Waals surface area contributed by atoms with Crippen molar-refractivity contribution in [3.8, 4) is 5.06 Å². The van der Waals surface area contributed by atoms with Gasteiger partial charge >= 0.3 is 0 Å². The molecular formula is C10H13NO2S. The molecule has 3 nitrogen and oxygen atoms in total. The molecule has 0 radical (unpaired) electrons. The quantitative estimate of drug-likeness (QED) is 0.754. The summed E-state index contributed by atoms with van der Waals surface area (Å²) in [5.74, 6) is 0.634. The van der Waals surface area contributed by atoms with Crippen molar-refractivity contribution in [2.75, 3.05) is 6.61 Å². The molecule has 0 amide bonds. The van der Waals surface area contributed by atoms with Gasteiger partial charge < -0.3 is 10.5 Å². The fraction of sp³-hybridized carbons (Fsp3) is 0.500. The molecule has 76 valence electrons. The van der Waals surface area contributed by atoms with E-state index in [1.165, 1.54) is 24.2 Å². The van der Waals surface area contributed by atoms with Crippen LogP contribution in [-0.2, 0) is 0 Å². The Morgan fingerprint density at radius 1 is 1.71 bits per heavy atom. The molecule has 4 heteroatoms. The van der Waals surface area contributed by atoms with E-state index in [-0.39, 0.29) is 6.04 Å². The number of thiophene rings is 1. The molecule has 14 heavy (non-hydrogen) atoms. The van der Waals surface area contributed by atoms with Gasteiger partial charge in [0.1, 0.15) is 6.61 Å². The molecule has 0 aliphatic heterocycles. The van der Waals surface area contributed by atoms with Gasteiger partial charge in [-0.1, -0.05) is 0 Å². The third-order valence-corrected chi connectivity index (χ3v) is 3.26. The van der Waals surface area contributed by atoms with E-state index >= 15 is 0 Å². The number of carbonyl (C=O) groups is 1. The predicted molar refractivity (Wildman–Crippen MR) is 55.9 cm³/mol. The van der Waals surface area contributed by atoms with Crippen molar-refractivity contribution in [3.05, 3.63) is 17.0 Å². The standard InChI is InChI=1S/C10H13NO2S/c11-9(7-1-2-7)6-13-10-8(5-12)3-4-14-10/h3-5,7,9H,1-2,6,11H2. The Morgan fingerprint density at radius 2 is 2.50 bits per heavy atom. The summed E-state index contributed by atoms with van der Waals surface area (Å²) in [6.07, 6.45) is 3.25. The zero-order valence-corrected chi connectivity index (χ0v) is 8.63. The van der Waals surface area contributed by atoms with Crippen LogP contribution in [0.2, 0.25) is 0 Å². The lowest BCUT2D eigenvalue weighted by Gasteiger charge is -2.10. The SMILES string of the molecule is NC(COc1sccc1C=O)C1CC1. The summed E-state index contributed by atoms with van der Waals surface area (Å²) in [7, 11) is 0. The average molecular weight is 211 g/mol. The zero-order valence-electron chi connectivity index (χ0n) is 7.81. The first-order chi connectivity index (χ1) is 6.81. The molecule has 1 aliphatic rings. The van der Waals surface area contributed by atoms with E-state index < -0.39 is 0 Å². The average Bonchev–Trinajstić information content (AvgIpc) is 2.94. The summed E-state index contributed by atoms with van der Waals surface area (Å²) in [4.78, 5) is 10.6. The molecule has 1 aromatic rings. The maximum absolute atomic E-state index is 10.6. The fourth-order valence-corrected chi connectivity index (χ4v) is 2.07. The van der Waals surface area contributed by atoms with Crippen molar-refractivity contribution in [2.24, 2.45) is 11.7 Å². The number of ether oxygens (including phenoxy) is 1. The molecule has 0 bridgehead atoms. The summed E-state index contributed by atoms with van der Waals surface area (Å²) < 4.78 is 5.49. The highest BCUT2D eigenvalue weighted by Crippen LogP contribution is 2.32. The zero-order chi connectivity index (χ0) is 9.97. The van der Waals surface area contributed by atoms with Gasteiger partial charge in [0.05, 0.1) is 5.56 Å². The first-order valence-electron chi connectivity index (χ1n) is 4.72. The summed E-state index contributed by atoms with van der Waals surface area (Å²) in [5.41, 5.74) is 6.50. The maximum atomic E-state index is 10.6. The van der Waals surface area contributed by atoms with E-state index in [0.29, 0.717) is 23.2 Å². The Bertz CT molecular complexity index is 320. The molecule has 1 aliphatic carbocycles. The van der Waals surface area contributed by atoms with Crippen LogP contribution in [0.15, 0.2) is 11.4 Å². The van der Waals surface area contributed by atoms with Crippen LogP contribution in [0.25, 0.3) is 0 Å². The van der Waals surface area contributed by atoms with Crippen molar-refractivity contribution in [1.29, 1.82) is 0 Å². The molecule has 0 saturated heterocycles. The second-order valence-corrected chi connectivity index (χ2v) is 4.47. The number of rotatable bonds is 5. The Morgan fingerprint density at radius 3 is 3.14 bits per heavy atom. The van der Waals surface area contributed by atoms with E-state index in [2.05, 4.69) is 0 Å². The van der Waals surface area contributed by atoms with Crippen molar-refractivity contribution in [1.82, 2.24) is 0 Å². The summed E-state index contributed by atoms with van der Waals surface area (Å²) in [6.45, 7) is 0.520. The lowest BCUT2D eigenvalue weighted by Crippen LogP contribution is -2.29. The van der Waals surface area contributed by atoms with Crippen molar-refractivity contribution in [2.45, 2.75) is 18.9 Å². The normalized spacial score (nSPS) is 17.8. The molecule has 1 atom stereocenters. The van der Waals surface area contributed by atoms with E-state index in [1.54, 1.807) is 6.07 Å². The van der Waals surface area contributed by atoms with Crippen molar-refractivity contribution in [3.63, 3.8) is 0 Å². The van der Waals surface area contributed by atoms with Crippen LogP contribution in [0.4, 0.5) is 0 Å². The minimum Gasteiger partial charge on any atom is -0.482 e. The van der Waals surface area contributed by atoms with Crippen LogP contribution in [0.3, 0.4) is 0 Å². The molecule has 1 saturated carbocycles. The van der Waals surface area contributed by atoms with Gasteiger partial charge in [0.2, 0.25) is 0 Å². The van der Waals surface area contributed by atoms with Gasteiger partial charge in [0.15, 0.2) is 11.3 Å². The minimum atomic E-state index is 0.122.